The first-order valence-corrected chi connectivity index (χ1v) is 9.77. The minimum atomic E-state index is -0.0220. The molecule has 1 fully saturated rings. The number of hydrogen-bond acceptors (Lipinski definition) is 6. The fraction of sp³-hybridized carbons (Fsp3) is 0.318. The third-order valence-electron chi connectivity index (χ3n) is 5.43. The van der Waals surface area contributed by atoms with Gasteiger partial charge in [0.15, 0.2) is 11.5 Å². The Kier molecular flexibility index (Phi) is 4.42. The number of benzene rings is 2. The van der Waals surface area contributed by atoms with E-state index in [4.69, 9.17) is 14.0 Å². The number of aryl methyl sites for hydroxylation is 1. The number of hydrogen-bond donors (Lipinski definition) is 0. The molecule has 148 valence electrons. The Balaban J connectivity index is 1.32. The van der Waals surface area contributed by atoms with E-state index >= 15 is 0 Å². The van der Waals surface area contributed by atoms with E-state index in [1.54, 1.807) is 18.2 Å². The van der Waals surface area contributed by atoms with E-state index in [1.807, 2.05) is 36.1 Å². The number of carbonyl (C=O) groups excluding carboxylic acids is 1. The first-order valence-electron chi connectivity index (χ1n) is 9.77. The van der Waals surface area contributed by atoms with Crippen LogP contribution in [0, 0.1) is 6.92 Å². The number of ether oxygens (including phenoxy) is 2. The summed E-state index contributed by atoms with van der Waals surface area (Å²) in [6.07, 6.45) is 1.81. The third-order valence-corrected chi connectivity index (χ3v) is 5.43. The molecule has 7 heteroatoms. The molecular formula is C22H21N3O4. The van der Waals surface area contributed by atoms with Gasteiger partial charge >= 0.3 is 0 Å². The third kappa shape index (κ3) is 3.44. The monoisotopic (exact) mass is 391 g/mol. The number of aromatic nitrogens is 2. The Morgan fingerprint density at radius 2 is 1.93 bits per heavy atom. The van der Waals surface area contributed by atoms with Gasteiger partial charge in [-0.1, -0.05) is 35.0 Å². The van der Waals surface area contributed by atoms with Crippen LogP contribution in [0.4, 0.5) is 0 Å². The lowest BCUT2D eigenvalue weighted by molar-refractivity contribution is 0.0695. The largest absolute Gasteiger partial charge is 0.454 e. The summed E-state index contributed by atoms with van der Waals surface area (Å²) in [5.41, 5.74) is 2.71. The highest BCUT2D eigenvalue weighted by atomic mass is 16.7. The zero-order chi connectivity index (χ0) is 19.8. The van der Waals surface area contributed by atoms with E-state index in [9.17, 15) is 4.79 Å². The highest BCUT2D eigenvalue weighted by molar-refractivity contribution is 5.95. The zero-order valence-corrected chi connectivity index (χ0v) is 16.1. The fourth-order valence-electron chi connectivity index (χ4n) is 3.80. The Morgan fingerprint density at radius 3 is 2.79 bits per heavy atom. The van der Waals surface area contributed by atoms with Gasteiger partial charge in [0.25, 0.3) is 5.91 Å². The molecule has 0 bridgehead atoms. The summed E-state index contributed by atoms with van der Waals surface area (Å²) in [7, 11) is 0. The molecule has 29 heavy (non-hydrogen) atoms. The van der Waals surface area contributed by atoms with Gasteiger partial charge in [0.2, 0.25) is 18.5 Å². The summed E-state index contributed by atoms with van der Waals surface area (Å²) in [5, 5.41) is 4.14. The molecular weight excluding hydrogens is 370 g/mol. The standard InChI is InChI=1S/C22H21N3O4/c1-14-4-6-15(7-5-14)20-23-21(29-24-20)17-3-2-10-25(12-17)22(26)16-8-9-18-19(11-16)28-13-27-18/h4-9,11,17H,2-3,10,12-13H2,1H3/t17-/m0/s1. The lowest BCUT2D eigenvalue weighted by atomic mass is 9.97. The van der Waals surface area contributed by atoms with Crippen molar-refractivity contribution >= 4 is 5.91 Å². The van der Waals surface area contributed by atoms with Crippen molar-refractivity contribution < 1.29 is 18.8 Å². The number of piperidine rings is 1. The highest BCUT2D eigenvalue weighted by Gasteiger charge is 2.30. The molecule has 0 saturated carbocycles. The molecule has 0 N–H and O–H groups in total. The fourth-order valence-corrected chi connectivity index (χ4v) is 3.80. The van der Waals surface area contributed by atoms with Crippen LogP contribution in [0.25, 0.3) is 11.4 Å². The second kappa shape index (κ2) is 7.24. The molecule has 2 aliphatic rings. The molecule has 3 aromatic rings. The molecule has 0 spiro atoms. The molecule has 1 aromatic heterocycles. The molecule has 7 nitrogen and oxygen atoms in total. The molecule has 1 amide bonds. The highest BCUT2D eigenvalue weighted by Crippen LogP contribution is 2.34. The number of nitrogens with zero attached hydrogens (tertiary/aromatic N) is 3. The van der Waals surface area contributed by atoms with Crippen LogP contribution in [0.15, 0.2) is 47.0 Å². The first-order chi connectivity index (χ1) is 14.2. The van der Waals surface area contributed by atoms with Crippen LogP contribution < -0.4 is 9.47 Å². The summed E-state index contributed by atoms with van der Waals surface area (Å²) in [6, 6.07) is 13.3. The van der Waals surface area contributed by atoms with E-state index in [0.717, 1.165) is 18.4 Å². The van der Waals surface area contributed by atoms with Crippen molar-refractivity contribution in [1.29, 1.82) is 0 Å². The van der Waals surface area contributed by atoms with E-state index < -0.39 is 0 Å². The summed E-state index contributed by atoms with van der Waals surface area (Å²) in [6.45, 7) is 3.50. The van der Waals surface area contributed by atoms with Crippen molar-refractivity contribution in [2.75, 3.05) is 19.9 Å². The van der Waals surface area contributed by atoms with Crippen LogP contribution in [0.5, 0.6) is 11.5 Å². The molecule has 0 unspecified atom stereocenters. The topological polar surface area (TPSA) is 77.7 Å². The Hall–Kier alpha value is -3.35. The van der Waals surface area contributed by atoms with E-state index in [1.165, 1.54) is 5.56 Å². The van der Waals surface area contributed by atoms with Crippen LogP contribution >= 0.6 is 0 Å². The normalized spacial score (nSPS) is 18.1. The van der Waals surface area contributed by atoms with Crippen molar-refractivity contribution in [2.45, 2.75) is 25.7 Å². The van der Waals surface area contributed by atoms with E-state index in [0.29, 0.717) is 41.9 Å². The van der Waals surface area contributed by atoms with E-state index in [-0.39, 0.29) is 18.6 Å². The molecule has 3 heterocycles. The molecule has 1 saturated heterocycles. The lowest BCUT2D eigenvalue weighted by Gasteiger charge is -2.31. The number of rotatable bonds is 3. The van der Waals surface area contributed by atoms with Crippen molar-refractivity contribution in [2.24, 2.45) is 0 Å². The van der Waals surface area contributed by atoms with E-state index in [2.05, 4.69) is 10.1 Å². The van der Waals surface area contributed by atoms with Crippen LogP contribution in [0.3, 0.4) is 0 Å². The number of carbonyl (C=O) groups is 1. The van der Waals surface area contributed by atoms with Gasteiger partial charge in [-0.25, -0.2) is 0 Å². The summed E-state index contributed by atoms with van der Waals surface area (Å²) in [5.74, 6) is 2.47. The quantitative estimate of drug-likeness (QED) is 0.676. The van der Waals surface area contributed by atoms with Crippen molar-refractivity contribution in [1.82, 2.24) is 15.0 Å². The maximum absolute atomic E-state index is 13.0. The second-order valence-electron chi connectivity index (χ2n) is 7.48. The summed E-state index contributed by atoms with van der Waals surface area (Å²) < 4.78 is 16.3. The Morgan fingerprint density at radius 1 is 1.10 bits per heavy atom. The molecule has 0 radical (unpaired) electrons. The molecule has 0 aliphatic carbocycles. The molecule has 2 aromatic carbocycles. The summed E-state index contributed by atoms with van der Waals surface area (Å²) in [4.78, 5) is 19.4. The smallest absolute Gasteiger partial charge is 0.254 e. The SMILES string of the molecule is Cc1ccc(-c2noc([C@H]3CCCN(C(=O)c4ccc5c(c4)OCO5)C3)n2)cc1. The van der Waals surface area contributed by atoms with Crippen molar-refractivity contribution in [3.63, 3.8) is 0 Å². The Labute approximate surface area is 168 Å². The minimum absolute atomic E-state index is 0.0220. The van der Waals surface area contributed by atoms with Gasteiger partial charge in [0.05, 0.1) is 5.92 Å². The Bertz CT molecular complexity index is 1040. The van der Waals surface area contributed by atoms with Crippen LogP contribution in [0.1, 0.15) is 40.6 Å². The number of amides is 1. The lowest BCUT2D eigenvalue weighted by Crippen LogP contribution is -2.39. The molecule has 5 rings (SSSR count). The average molecular weight is 391 g/mol. The predicted octanol–water partition coefficient (Wildman–Crippen LogP) is 3.79. The maximum Gasteiger partial charge on any atom is 0.254 e. The summed E-state index contributed by atoms with van der Waals surface area (Å²) >= 11 is 0. The van der Waals surface area contributed by atoms with Gasteiger partial charge in [-0.3, -0.25) is 4.79 Å². The van der Waals surface area contributed by atoms with Gasteiger partial charge in [0, 0.05) is 24.2 Å². The second-order valence-corrected chi connectivity index (χ2v) is 7.48. The van der Waals surface area contributed by atoms with Gasteiger partial charge in [-0.2, -0.15) is 4.98 Å². The van der Waals surface area contributed by atoms with Crippen LogP contribution in [-0.4, -0.2) is 40.8 Å². The zero-order valence-electron chi connectivity index (χ0n) is 16.1. The predicted molar refractivity (Wildman–Crippen MR) is 105 cm³/mol. The minimum Gasteiger partial charge on any atom is -0.454 e. The maximum atomic E-state index is 13.0. The van der Waals surface area contributed by atoms with Gasteiger partial charge < -0.3 is 18.9 Å². The molecule has 1 atom stereocenters. The number of fused-ring (bicyclic) bond motifs is 1. The van der Waals surface area contributed by atoms with Gasteiger partial charge in [0.1, 0.15) is 0 Å². The van der Waals surface area contributed by atoms with Crippen molar-refractivity contribution in [3.05, 3.63) is 59.5 Å². The number of likely N-dealkylation sites (tertiary alicyclic amines) is 1. The van der Waals surface area contributed by atoms with Crippen molar-refractivity contribution in [3.8, 4) is 22.9 Å². The first kappa shape index (κ1) is 17.7. The van der Waals surface area contributed by atoms with Crippen LogP contribution in [0.2, 0.25) is 0 Å². The average Bonchev–Trinajstić information content (AvgIpc) is 3.43. The molecule has 2 aliphatic heterocycles. The van der Waals surface area contributed by atoms with Crippen LogP contribution in [-0.2, 0) is 0 Å². The van der Waals surface area contributed by atoms with Gasteiger partial charge in [-0.05, 0) is 38.0 Å². The van der Waals surface area contributed by atoms with Gasteiger partial charge in [-0.15, -0.1) is 0 Å².